The Morgan fingerprint density at radius 1 is 1.36 bits per heavy atom. The fraction of sp³-hybridized carbons (Fsp3) is 0.562. The van der Waals surface area contributed by atoms with Gasteiger partial charge in [-0.15, -0.1) is 0 Å². The number of rotatable bonds is 4. The van der Waals surface area contributed by atoms with Gasteiger partial charge in [0.15, 0.2) is 5.96 Å². The van der Waals surface area contributed by atoms with Gasteiger partial charge in [0.2, 0.25) is 0 Å². The molecule has 1 saturated heterocycles. The number of piperidine rings is 1. The number of hydrogen-bond acceptors (Lipinski definition) is 2. The van der Waals surface area contributed by atoms with Crippen LogP contribution in [-0.4, -0.2) is 43.7 Å². The summed E-state index contributed by atoms with van der Waals surface area (Å²) < 4.78 is 5.68. The predicted molar refractivity (Wildman–Crippen MR) is 92.9 cm³/mol. The third-order valence-corrected chi connectivity index (χ3v) is 4.39. The Balaban J connectivity index is 1.88. The van der Waals surface area contributed by atoms with Gasteiger partial charge in [-0.25, -0.2) is 0 Å². The van der Waals surface area contributed by atoms with E-state index in [2.05, 4.69) is 15.2 Å². The van der Waals surface area contributed by atoms with Gasteiger partial charge in [-0.2, -0.15) is 0 Å². The lowest BCUT2D eigenvalue weighted by Crippen LogP contribution is -2.46. The molecule has 22 heavy (non-hydrogen) atoms. The summed E-state index contributed by atoms with van der Waals surface area (Å²) in [5.41, 5.74) is 1.01. The molecule has 2 rings (SSSR count). The Morgan fingerprint density at radius 2 is 2.09 bits per heavy atom. The Hall–Kier alpha value is -0.970. The summed E-state index contributed by atoms with van der Waals surface area (Å²) in [6.07, 6.45) is 2.46. The van der Waals surface area contributed by atoms with Crippen LogP contribution in [0.2, 0.25) is 10.0 Å². The lowest BCUT2D eigenvalue weighted by Gasteiger charge is -2.34. The maximum atomic E-state index is 6.20. The quantitative estimate of drug-likeness (QED) is 0.670. The molecular weight excluding hydrogens is 321 g/mol. The van der Waals surface area contributed by atoms with E-state index in [0.717, 1.165) is 44.1 Å². The van der Waals surface area contributed by atoms with Gasteiger partial charge in [0, 0.05) is 43.3 Å². The first-order valence-corrected chi connectivity index (χ1v) is 8.40. The van der Waals surface area contributed by atoms with Gasteiger partial charge in [0.1, 0.15) is 0 Å². The first-order valence-electron chi connectivity index (χ1n) is 7.65. The Labute approximate surface area is 142 Å². The van der Waals surface area contributed by atoms with E-state index in [1.165, 1.54) is 0 Å². The van der Waals surface area contributed by atoms with Crippen LogP contribution in [0.15, 0.2) is 23.2 Å². The number of nitrogens with one attached hydrogen (secondary N) is 1. The molecule has 1 aliphatic rings. The number of likely N-dealkylation sites (tertiary alicyclic amines) is 1. The van der Waals surface area contributed by atoms with Crippen molar-refractivity contribution in [1.29, 1.82) is 0 Å². The van der Waals surface area contributed by atoms with Gasteiger partial charge in [0.05, 0.1) is 6.10 Å². The molecule has 1 heterocycles. The average Bonchev–Trinajstić information content (AvgIpc) is 2.51. The molecule has 1 fully saturated rings. The number of nitrogens with zero attached hydrogens (tertiary/aromatic N) is 2. The Morgan fingerprint density at radius 3 is 2.68 bits per heavy atom. The van der Waals surface area contributed by atoms with Crippen LogP contribution in [-0.2, 0) is 11.3 Å². The minimum absolute atomic E-state index is 0.380. The van der Waals surface area contributed by atoms with Crippen molar-refractivity contribution in [3.05, 3.63) is 33.8 Å². The van der Waals surface area contributed by atoms with Crippen LogP contribution < -0.4 is 5.32 Å². The van der Waals surface area contributed by atoms with Crippen LogP contribution in [0, 0.1) is 0 Å². The van der Waals surface area contributed by atoms with Gasteiger partial charge in [-0.1, -0.05) is 29.3 Å². The molecule has 0 saturated carbocycles. The maximum absolute atomic E-state index is 6.20. The fourth-order valence-corrected chi connectivity index (χ4v) is 3.12. The van der Waals surface area contributed by atoms with Crippen molar-refractivity contribution < 1.29 is 4.74 Å². The first-order chi connectivity index (χ1) is 10.6. The summed E-state index contributed by atoms with van der Waals surface area (Å²) in [6.45, 7) is 5.38. The molecule has 122 valence electrons. The van der Waals surface area contributed by atoms with E-state index in [0.29, 0.717) is 22.7 Å². The summed E-state index contributed by atoms with van der Waals surface area (Å²) in [6, 6.07) is 5.55. The molecule has 0 aliphatic carbocycles. The number of benzene rings is 1. The number of guanidine groups is 1. The smallest absolute Gasteiger partial charge is 0.193 e. The number of ether oxygens (including phenoxy) is 1. The van der Waals surface area contributed by atoms with Crippen LogP contribution in [0.3, 0.4) is 0 Å². The zero-order valence-corrected chi connectivity index (χ0v) is 14.6. The lowest BCUT2D eigenvalue weighted by atomic mass is 10.1. The molecular formula is C16H23Cl2N3O. The molecule has 4 nitrogen and oxygen atoms in total. The van der Waals surface area contributed by atoms with Crippen molar-refractivity contribution in [3.8, 4) is 0 Å². The molecule has 0 spiro atoms. The highest BCUT2D eigenvalue weighted by Gasteiger charge is 2.21. The van der Waals surface area contributed by atoms with Gasteiger partial charge < -0.3 is 15.0 Å². The molecule has 1 aromatic carbocycles. The largest absolute Gasteiger partial charge is 0.378 e. The normalized spacial score (nSPS) is 16.9. The Bertz CT molecular complexity index is 514. The molecule has 1 N–H and O–H groups in total. The second kappa shape index (κ2) is 8.61. The zero-order chi connectivity index (χ0) is 15.9. The zero-order valence-electron chi connectivity index (χ0n) is 13.1. The van der Waals surface area contributed by atoms with Crippen molar-refractivity contribution >= 4 is 29.2 Å². The van der Waals surface area contributed by atoms with Gasteiger partial charge >= 0.3 is 0 Å². The fourth-order valence-electron chi connectivity index (χ4n) is 2.64. The second-order valence-corrected chi connectivity index (χ2v) is 6.12. The third kappa shape index (κ3) is 4.77. The van der Waals surface area contributed by atoms with Crippen molar-refractivity contribution in [1.82, 2.24) is 10.2 Å². The highest BCUT2D eigenvalue weighted by Crippen LogP contribution is 2.21. The SMILES string of the molecule is CCOC1CCN(C(=NC)NCc2ccc(Cl)cc2Cl)CC1. The molecule has 6 heteroatoms. The summed E-state index contributed by atoms with van der Waals surface area (Å²) in [5.74, 6) is 0.904. The summed E-state index contributed by atoms with van der Waals surface area (Å²) in [4.78, 5) is 6.63. The van der Waals surface area contributed by atoms with Crippen molar-refractivity contribution in [2.24, 2.45) is 4.99 Å². The standard InChI is InChI=1S/C16H23Cl2N3O/c1-3-22-14-6-8-21(9-7-14)16(19-2)20-11-12-4-5-13(17)10-15(12)18/h4-5,10,14H,3,6-9,11H2,1-2H3,(H,19,20). The molecule has 0 amide bonds. The molecule has 1 aliphatic heterocycles. The third-order valence-electron chi connectivity index (χ3n) is 3.81. The summed E-state index contributed by atoms with van der Waals surface area (Å²) in [7, 11) is 1.81. The predicted octanol–water partition coefficient (Wildman–Crippen LogP) is 3.57. The monoisotopic (exact) mass is 343 g/mol. The van der Waals surface area contributed by atoms with E-state index in [9.17, 15) is 0 Å². The van der Waals surface area contributed by atoms with Gasteiger partial charge in [-0.3, -0.25) is 4.99 Å². The highest BCUT2D eigenvalue weighted by atomic mass is 35.5. The van der Waals surface area contributed by atoms with Crippen molar-refractivity contribution in [2.75, 3.05) is 26.7 Å². The highest BCUT2D eigenvalue weighted by molar-refractivity contribution is 6.35. The molecule has 0 radical (unpaired) electrons. The van der Waals surface area contributed by atoms with Crippen LogP contribution in [0.5, 0.6) is 0 Å². The van der Waals surface area contributed by atoms with Crippen molar-refractivity contribution in [3.63, 3.8) is 0 Å². The minimum atomic E-state index is 0.380. The maximum Gasteiger partial charge on any atom is 0.193 e. The van der Waals surface area contributed by atoms with E-state index < -0.39 is 0 Å². The molecule has 1 aromatic rings. The van der Waals surface area contributed by atoms with E-state index >= 15 is 0 Å². The number of hydrogen-bond donors (Lipinski definition) is 1. The summed E-state index contributed by atoms with van der Waals surface area (Å²) in [5, 5.41) is 4.69. The van der Waals surface area contributed by atoms with E-state index in [-0.39, 0.29) is 0 Å². The van der Waals surface area contributed by atoms with E-state index in [1.807, 2.05) is 19.1 Å². The second-order valence-electron chi connectivity index (χ2n) is 5.28. The summed E-state index contributed by atoms with van der Waals surface area (Å²) >= 11 is 12.1. The molecule has 0 atom stereocenters. The molecule has 0 unspecified atom stereocenters. The number of aliphatic imine (C=N–C) groups is 1. The lowest BCUT2D eigenvalue weighted by molar-refractivity contribution is 0.0263. The van der Waals surface area contributed by atoms with Gasteiger partial charge in [0.25, 0.3) is 0 Å². The minimum Gasteiger partial charge on any atom is -0.378 e. The van der Waals surface area contributed by atoms with Gasteiger partial charge in [-0.05, 0) is 37.5 Å². The van der Waals surface area contributed by atoms with Crippen molar-refractivity contribution in [2.45, 2.75) is 32.4 Å². The van der Waals surface area contributed by atoms with Crippen LogP contribution in [0.4, 0.5) is 0 Å². The van der Waals surface area contributed by atoms with Crippen LogP contribution in [0.25, 0.3) is 0 Å². The molecule has 0 bridgehead atoms. The topological polar surface area (TPSA) is 36.9 Å². The van der Waals surface area contributed by atoms with Crippen LogP contribution >= 0.6 is 23.2 Å². The molecule has 0 aromatic heterocycles. The van der Waals surface area contributed by atoms with E-state index in [1.54, 1.807) is 13.1 Å². The van der Waals surface area contributed by atoms with Crippen LogP contribution in [0.1, 0.15) is 25.3 Å². The Kier molecular flexibility index (Phi) is 6.80. The van der Waals surface area contributed by atoms with E-state index in [4.69, 9.17) is 27.9 Å². The number of halogens is 2. The first kappa shape index (κ1) is 17.4. The average molecular weight is 344 g/mol.